The molecule has 0 aliphatic rings. The van der Waals surface area contributed by atoms with E-state index in [1.54, 1.807) is 0 Å². The van der Waals surface area contributed by atoms with E-state index in [2.05, 4.69) is 42.5 Å². The molecule has 1 rings (SSSR count). The minimum Gasteiger partial charge on any atom is -0.308 e. The van der Waals surface area contributed by atoms with Crippen LogP contribution in [0, 0.1) is 6.07 Å². The summed E-state index contributed by atoms with van der Waals surface area (Å²) >= 11 is 0. The van der Waals surface area contributed by atoms with Crippen LogP contribution in [0.3, 0.4) is 0 Å². The molecule has 1 aromatic rings. The fourth-order valence-corrected chi connectivity index (χ4v) is 1.33. The van der Waals surface area contributed by atoms with Gasteiger partial charge in [0.2, 0.25) is 0 Å². The first-order valence-corrected chi connectivity index (χ1v) is 5.35. The zero-order chi connectivity index (χ0) is 10.2. The van der Waals surface area contributed by atoms with Crippen molar-refractivity contribution in [1.82, 2.24) is 5.43 Å². The quantitative estimate of drug-likeness (QED) is 0.695. The van der Waals surface area contributed by atoms with E-state index < -0.39 is 0 Å². The third-order valence-corrected chi connectivity index (χ3v) is 2.01. The molecular formula is C12H19N2. The molecule has 1 aromatic carbocycles. The molecule has 0 saturated carbocycles. The van der Waals surface area contributed by atoms with Gasteiger partial charge in [0.25, 0.3) is 0 Å². The summed E-state index contributed by atoms with van der Waals surface area (Å²) in [6, 6.07) is 11.1. The molecule has 0 bridgehead atoms. The summed E-state index contributed by atoms with van der Waals surface area (Å²) in [5.74, 6) is 0. The Balaban J connectivity index is 2.58. The monoisotopic (exact) mass is 191 g/mol. The number of anilines is 1. The van der Waals surface area contributed by atoms with Crippen molar-refractivity contribution in [1.29, 1.82) is 0 Å². The van der Waals surface area contributed by atoms with Crippen LogP contribution < -0.4 is 10.4 Å². The molecule has 0 spiro atoms. The number of hydrogen-bond acceptors (Lipinski definition) is 2. The van der Waals surface area contributed by atoms with Gasteiger partial charge in [0, 0.05) is 13.1 Å². The molecule has 77 valence electrons. The Morgan fingerprint density at radius 2 is 1.93 bits per heavy atom. The highest BCUT2D eigenvalue weighted by Gasteiger charge is 2.02. The summed E-state index contributed by atoms with van der Waals surface area (Å²) < 4.78 is 0. The number of nitrogens with one attached hydrogen (secondary N) is 1. The summed E-state index contributed by atoms with van der Waals surface area (Å²) in [5.41, 5.74) is 4.63. The molecule has 0 aliphatic heterocycles. The molecule has 0 fully saturated rings. The van der Waals surface area contributed by atoms with Gasteiger partial charge in [-0.25, -0.2) is 5.43 Å². The summed E-state index contributed by atoms with van der Waals surface area (Å²) in [6.07, 6.45) is 2.30. The van der Waals surface area contributed by atoms with Crippen LogP contribution in [0.25, 0.3) is 0 Å². The third kappa shape index (κ3) is 3.38. The highest BCUT2D eigenvalue weighted by molar-refractivity contribution is 5.44. The molecule has 0 amide bonds. The molecule has 2 nitrogen and oxygen atoms in total. The molecule has 14 heavy (non-hydrogen) atoms. The minimum absolute atomic E-state index is 1.03. The first-order chi connectivity index (χ1) is 6.88. The first kappa shape index (κ1) is 11.1. The Hall–Kier alpha value is -1.02. The standard InChI is InChI=1S/C12H19N2/c1-3-10-13-14(11-4-2)12-8-6-5-7-9-12/h6-9,13H,3-4,10-11H2,1-2H3. The Bertz CT molecular complexity index is 233. The molecule has 0 unspecified atom stereocenters. The molecule has 0 saturated heterocycles. The van der Waals surface area contributed by atoms with Gasteiger partial charge >= 0.3 is 0 Å². The van der Waals surface area contributed by atoms with E-state index in [1.165, 1.54) is 5.69 Å². The number of nitrogens with zero attached hydrogens (tertiary/aromatic N) is 1. The number of benzene rings is 1. The maximum Gasteiger partial charge on any atom is 0.0520 e. The Morgan fingerprint density at radius 1 is 1.21 bits per heavy atom. The van der Waals surface area contributed by atoms with Gasteiger partial charge in [-0.15, -0.1) is 0 Å². The van der Waals surface area contributed by atoms with E-state index >= 15 is 0 Å². The van der Waals surface area contributed by atoms with E-state index in [0.717, 1.165) is 25.9 Å². The van der Waals surface area contributed by atoms with Gasteiger partial charge in [0.05, 0.1) is 5.69 Å². The maximum absolute atomic E-state index is 3.41. The molecule has 1 N–H and O–H groups in total. The minimum atomic E-state index is 1.03. The normalized spacial score (nSPS) is 10.1. The van der Waals surface area contributed by atoms with E-state index in [9.17, 15) is 0 Å². The van der Waals surface area contributed by atoms with Crippen LogP contribution >= 0.6 is 0 Å². The van der Waals surface area contributed by atoms with Gasteiger partial charge in [-0.2, -0.15) is 0 Å². The molecule has 0 heterocycles. The molecule has 0 atom stereocenters. The van der Waals surface area contributed by atoms with E-state index in [-0.39, 0.29) is 0 Å². The molecule has 0 aliphatic carbocycles. The topological polar surface area (TPSA) is 15.3 Å². The van der Waals surface area contributed by atoms with Crippen molar-refractivity contribution in [3.05, 3.63) is 30.3 Å². The van der Waals surface area contributed by atoms with Gasteiger partial charge in [-0.1, -0.05) is 26.0 Å². The van der Waals surface area contributed by atoms with Gasteiger partial charge in [-0.05, 0) is 31.0 Å². The summed E-state index contributed by atoms with van der Waals surface area (Å²) in [7, 11) is 0. The van der Waals surface area contributed by atoms with E-state index in [1.807, 2.05) is 12.1 Å². The zero-order valence-corrected chi connectivity index (χ0v) is 9.09. The van der Waals surface area contributed by atoms with Gasteiger partial charge < -0.3 is 5.01 Å². The van der Waals surface area contributed by atoms with Crippen molar-refractivity contribution in [3.8, 4) is 0 Å². The predicted octanol–water partition coefficient (Wildman–Crippen LogP) is 2.62. The average Bonchev–Trinajstić information content (AvgIpc) is 2.25. The third-order valence-electron chi connectivity index (χ3n) is 2.01. The first-order valence-electron chi connectivity index (χ1n) is 5.35. The summed E-state index contributed by atoms with van der Waals surface area (Å²) in [6.45, 7) is 6.44. The summed E-state index contributed by atoms with van der Waals surface area (Å²) in [5, 5.41) is 2.21. The fraction of sp³-hybridized carbons (Fsp3) is 0.500. The second-order valence-electron chi connectivity index (χ2n) is 3.32. The Labute approximate surface area is 86.9 Å². The van der Waals surface area contributed by atoms with Gasteiger partial charge in [0.15, 0.2) is 0 Å². The van der Waals surface area contributed by atoms with Gasteiger partial charge in [-0.3, -0.25) is 0 Å². The highest BCUT2D eigenvalue weighted by atomic mass is 15.5. The van der Waals surface area contributed by atoms with Crippen LogP contribution in [0.1, 0.15) is 26.7 Å². The van der Waals surface area contributed by atoms with Crippen molar-refractivity contribution in [3.63, 3.8) is 0 Å². The fourth-order valence-electron chi connectivity index (χ4n) is 1.33. The van der Waals surface area contributed by atoms with Crippen LogP contribution in [0.2, 0.25) is 0 Å². The van der Waals surface area contributed by atoms with Crippen LogP contribution in [0.15, 0.2) is 24.3 Å². The number of rotatable bonds is 6. The molecule has 1 radical (unpaired) electrons. The van der Waals surface area contributed by atoms with Crippen LogP contribution in [-0.2, 0) is 0 Å². The Kier molecular flexibility index (Phi) is 5.08. The van der Waals surface area contributed by atoms with Crippen LogP contribution in [-0.4, -0.2) is 13.1 Å². The van der Waals surface area contributed by atoms with E-state index in [0.29, 0.717) is 0 Å². The summed E-state index contributed by atoms with van der Waals surface area (Å²) in [4.78, 5) is 0. The predicted molar refractivity (Wildman–Crippen MR) is 61.2 cm³/mol. The van der Waals surface area contributed by atoms with Crippen LogP contribution in [0.5, 0.6) is 0 Å². The van der Waals surface area contributed by atoms with Crippen LogP contribution in [0.4, 0.5) is 5.69 Å². The van der Waals surface area contributed by atoms with Crippen molar-refractivity contribution in [2.24, 2.45) is 0 Å². The SMILES string of the molecule is CCCNN(CCC)c1cc[c]cc1. The van der Waals surface area contributed by atoms with Crippen molar-refractivity contribution < 1.29 is 0 Å². The van der Waals surface area contributed by atoms with Crippen molar-refractivity contribution in [2.45, 2.75) is 26.7 Å². The van der Waals surface area contributed by atoms with Gasteiger partial charge in [0.1, 0.15) is 0 Å². The Morgan fingerprint density at radius 3 is 2.50 bits per heavy atom. The lowest BCUT2D eigenvalue weighted by Crippen LogP contribution is -2.39. The average molecular weight is 191 g/mol. The van der Waals surface area contributed by atoms with E-state index in [4.69, 9.17) is 0 Å². The second-order valence-corrected chi connectivity index (χ2v) is 3.32. The lowest BCUT2D eigenvalue weighted by atomic mass is 10.3. The largest absolute Gasteiger partial charge is 0.308 e. The zero-order valence-electron chi connectivity index (χ0n) is 9.09. The highest BCUT2D eigenvalue weighted by Crippen LogP contribution is 2.10. The maximum atomic E-state index is 3.41. The number of hydrazine groups is 1. The smallest absolute Gasteiger partial charge is 0.0520 e. The van der Waals surface area contributed by atoms with Crippen molar-refractivity contribution in [2.75, 3.05) is 18.1 Å². The number of hydrogen-bond donors (Lipinski definition) is 1. The molecule has 0 aromatic heterocycles. The lowest BCUT2D eigenvalue weighted by molar-refractivity contribution is 0.608. The molecular weight excluding hydrogens is 172 g/mol. The lowest BCUT2D eigenvalue weighted by Gasteiger charge is -2.24. The second kappa shape index (κ2) is 6.44. The van der Waals surface area contributed by atoms with Crippen molar-refractivity contribution >= 4 is 5.69 Å². The molecule has 2 heteroatoms.